The number of hydrogen-bond donors (Lipinski definition) is 0. The number of benzene rings is 2. The van der Waals surface area contributed by atoms with Gasteiger partial charge in [-0.3, -0.25) is 14.5 Å². The van der Waals surface area contributed by atoms with Crippen LogP contribution < -0.4 is 4.74 Å². The summed E-state index contributed by atoms with van der Waals surface area (Å²) in [6.45, 7) is 2.59. The number of thioether (sulfide) groups is 1. The summed E-state index contributed by atoms with van der Waals surface area (Å²) in [6, 6.07) is 14.9. The molecule has 128 valence electrons. The van der Waals surface area contributed by atoms with Gasteiger partial charge in [0.15, 0.2) is 0 Å². The van der Waals surface area contributed by atoms with Crippen LogP contribution in [0.15, 0.2) is 53.4 Å². The fourth-order valence-electron chi connectivity index (χ4n) is 2.37. The second-order valence-corrected chi connectivity index (χ2v) is 6.84. The van der Waals surface area contributed by atoms with Gasteiger partial charge in [0.2, 0.25) is 0 Å². The summed E-state index contributed by atoms with van der Waals surface area (Å²) in [5.74, 6) is 0.448. The van der Waals surface area contributed by atoms with E-state index in [1.54, 1.807) is 13.0 Å². The molecule has 25 heavy (non-hydrogen) atoms. The van der Waals surface area contributed by atoms with Crippen molar-refractivity contribution in [3.8, 4) is 5.75 Å². The maximum absolute atomic E-state index is 12.1. The smallest absolute Gasteiger partial charge is 0.293 e. The highest BCUT2D eigenvalue weighted by molar-refractivity contribution is 8.18. The number of carbonyl (C=O) groups is 2. The highest BCUT2D eigenvalue weighted by Gasteiger charge is 2.33. The lowest BCUT2D eigenvalue weighted by molar-refractivity contribution is -0.122. The van der Waals surface area contributed by atoms with Crippen LogP contribution in [0.4, 0.5) is 4.79 Å². The Bertz CT molecular complexity index is 833. The summed E-state index contributed by atoms with van der Waals surface area (Å²) in [5, 5.41) is 0.459. The Morgan fingerprint density at radius 1 is 1.16 bits per heavy atom. The van der Waals surface area contributed by atoms with Crippen molar-refractivity contribution in [1.82, 2.24) is 4.90 Å². The van der Waals surface area contributed by atoms with Gasteiger partial charge in [0.1, 0.15) is 12.4 Å². The number of carbonyl (C=O) groups excluding carboxylic acids is 2. The van der Waals surface area contributed by atoms with Gasteiger partial charge in [-0.05, 0) is 60.2 Å². The van der Waals surface area contributed by atoms with Crippen LogP contribution in [0.2, 0.25) is 5.02 Å². The number of rotatable bonds is 5. The summed E-state index contributed by atoms with van der Waals surface area (Å²) in [6.07, 6.45) is 1.72. The molecule has 0 atom stereocenters. The van der Waals surface area contributed by atoms with Gasteiger partial charge >= 0.3 is 0 Å². The van der Waals surface area contributed by atoms with Crippen LogP contribution in [0.3, 0.4) is 0 Å². The third-order valence-electron chi connectivity index (χ3n) is 3.66. The first-order valence-corrected chi connectivity index (χ1v) is 8.99. The molecule has 4 nitrogen and oxygen atoms in total. The highest BCUT2D eigenvalue weighted by Crippen LogP contribution is 2.32. The van der Waals surface area contributed by atoms with Crippen molar-refractivity contribution in [2.24, 2.45) is 0 Å². The van der Waals surface area contributed by atoms with E-state index in [-0.39, 0.29) is 11.1 Å². The first kappa shape index (κ1) is 17.6. The van der Waals surface area contributed by atoms with Crippen LogP contribution in [0, 0.1) is 0 Å². The van der Waals surface area contributed by atoms with Crippen LogP contribution in [-0.4, -0.2) is 22.6 Å². The maximum atomic E-state index is 12.1. The average molecular weight is 374 g/mol. The Morgan fingerprint density at radius 2 is 1.92 bits per heavy atom. The molecular formula is C19H16ClNO3S. The number of amides is 2. The minimum atomic E-state index is -0.245. The molecule has 0 aliphatic carbocycles. The van der Waals surface area contributed by atoms with E-state index in [1.165, 1.54) is 4.90 Å². The van der Waals surface area contributed by atoms with Crippen molar-refractivity contribution in [3.05, 3.63) is 69.6 Å². The topological polar surface area (TPSA) is 46.6 Å². The largest absolute Gasteiger partial charge is 0.489 e. The quantitative estimate of drug-likeness (QED) is 0.694. The normalized spacial score (nSPS) is 15.9. The van der Waals surface area contributed by atoms with Gasteiger partial charge in [0.05, 0.1) is 4.91 Å². The molecule has 2 amide bonds. The molecule has 0 saturated carbocycles. The van der Waals surface area contributed by atoms with E-state index in [9.17, 15) is 9.59 Å². The zero-order valence-electron chi connectivity index (χ0n) is 13.6. The number of likely N-dealkylation sites (N-methyl/N-ethyl adjacent to an activating group) is 1. The lowest BCUT2D eigenvalue weighted by atomic mass is 10.2. The molecule has 1 fully saturated rings. The molecule has 1 saturated heterocycles. The third kappa shape index (κ3) is 4.24. The first-order valence-electron chi connectivity index (χ1n) is 7.79. The zero-order chi connectivity index (χ0) is 17.8. The Balaban J connectivity index is 1.71. The van der Waals surface area contributed by atoms with Gasteiger partial charge in [0, 0.05) is 11.6 Å². The molecule has 0 bridgehead atoms. The first-order chi connectivity index (χ1) is 12.1. The van der Waals surface area contributed by atoms with E-state index >= 15 is 0 Å². The summed E-state index contributed by atoms with van der Waals surface area (Å²) >= 11 is 6.83. The maximum Gasteiger partial charge on any atom is 0.293 e. The molecule has 3 rings (SSSR count). The van der Waals surface area contributed by atoms with Gasteiger partial charge < -0.3 is 4.74 Å². The Labute approximate surface area is 155 Å². The molecule has 0 aromatic heterocycles. The minimum absolute atomic E-state index is 0.228. The molecule has 1 heterocycles. The van der Waals surface area contributed by atoms with E-state index in [4.69, 9.17) is 16.3 Å². The highest BCUT2D eigenvalue weighted by atomic mass is 35.5. The predicted octanol–water partition coefficient (Wildman–Crippen LogP) is 4.98. The SMILES string of the molecule is CCN1C(=O)S/C(=C/c2cccc(OCc3ccc(Cl)cc3)c2)C1=O. The molecule has 0 unspecified atom stereocenters. The lowest BCUT2D eigenvalue weighted by Gasteiger charge is -2.08. The van der Waals surface area contributed by atoms with Crippen molar-refractivity contribution in [1.29, 1.82) is 0 Å². The van der Waals surface area contributed by atoms with Crippen molar-refractivity contribution in [2.45, 2.75) is 13.5 Å². The van der Waals surface area contributed by atoms with Gasteiger partial charge in [-0.15, -0.1) is 0 Å². The summed E-state index contributed by atoms with van der Waals surface area (Å²) in [7, 11) is 0. The molecule has 2 aromatic rings. The van der Waals surface area contributed by atoms with E-state index < -0.39 is 0 Å². The van der Waals surface area contributed by atoms with Crippen LogP contribution in [-0.2, 0) is 11.4 Å². The second kappa shape index (κ2) is 7.76. The molecular weight excluding hydrogens is 358 g/mol. The van der Waals surface area contributed by atoms with E-state index in [0.717, 1.165) is 22.9 Å². The van der Waals surface area contributed by atoms with Crippen LogP contribution in [0.1, 0.15) is 18.1 Å². The van der Waals surface area contributed by atoms with E-state index in [2.05, 4.69) is 0 Å². The van der Waals surface area contributed by atoms with Crippen LogP contribution >= 0.6 is 23.4 Å². The van der Waals surface area contributed by atoms with Crippen molar-refractivity contribution in [2.75, 3.05) is 6.54 Å². The van der Waals surface area contributed by atoms with Crippen molar-refractivity contribution < 1.29 is 14.3 Å². The molecule has 0 radical (unpaired) electrons. The standard InChI is InChI=1S/C19H16ClNO3S/c1-2-21-18(22)17(25-19(21)23)11-14-4-3-5-16(10-14)24-12-13-6-8-15(20)9-7-13/h3-11H,2,12H2,1H3/b17-11+. The number of nitrogens with zero attached hydrogens (tertiary/aromatic N) is 1. The Kier molecular flexibility index (Phi) is 5.46. The minimum Gasteiger partial charge on any atom is -0.489 e. The fourth-order valence-corrected chi connectivity index (χ4v) is 3.39. The Morgan fingerprint density at radius 3 is 2.60 bits per heavy atom. The van der Waals surface area contributed by atoms with Gasteiger partial charge in [-0.25, -0.2) is 0 Å². The van der Waals surface area contributed by atoms with Gasteiger partial charge in [-0.2, -0.15) is 0 Å². The molecule has 2 aromatic carbocycles. The lowest BCUT2D eigenvalue weighted by Crippen LogP contribution is -2.27. The van der Waals surface area contributed by atoms with Crippen molar-refractivity contribution >= 4 is 40.6 Å². The average Bonchev–Trinajstić information content (AvgIpc) is 2.88. The Hall–Kier alpha value is -2.24. The van der Waals surface area contributed by atoms with Gasteiger partial charge in [-0.1, -0.05) is 35.9 Å². The summed E-state index contributed by atoms with van der Waals surface area (Å²) < 4.78 is 5.79. The molecule has 0 N–H and O–H groups in total. The summed E-state index contributed by atoms with van der Waals surface area (Å²) in [5.41, 5.74) is 1.83. The summed E-state index contributed by atoms with van der Waals surface area (Å²) in [4.78, 5) is 25.6. The third-order valence-corrected chi connectivity index (χ3v) is 4.82. The number of ether oxygens (including phenoxy) is 1. The number of imide groups is 1. The number of hydrogen-bond acceptors (Lipinski definition) is 4. The monoisotopic (exact) mass is 373 g/mol. The molecule has 6 heteroatoms. The predicted molar refractivity (Wildman–Crippen MR) is 101 cm³/mol. The molecule has 0 spiro atoms. The van der Waals surface area contributed by atoms with Gasteiger partial charge in [0.25, 0.3) is 11.1 Å². The zero-order valence-corrected chi connectivity index (χ0v) is 15.1. The fraction of sp³-hybridized carbons (Fsp3) is 0.158. The van der Waals surface area contributed by atoms with Crippen molar-refractivity contribution in [3.63, 3.8) is 0 Å². The van der Waals surface area contributed by atoms with Crippen LogP contribution in [0.5, 0.6) is 5.75 Å². The van der Waals surface area contributed by atoms with E-state index in [0.29, 0.717) is 28.8 Å². The van der Waals surface area contributed by atoms with Crippen LogP contribution in [0.25, 0.3) is 6.08 Å². The molecule has 1 aliphatic heterocycles. The molecule has 1 aliphatic rings. The van der Waals surface area contributed by atoms with E-state index in [1.807, 2.05) is 48.5 Å². The second-order valence-electron chi connectivity index (χ2n) is 5.41. The number of halogens is 1.